The number of hydrogen-bond donors (Lipinski definition) is 0. The predicted octanol–water partition coefficient (Wildman–Crippen LogP) is 7.39. The molecule has 6 rings (SSSR count). The Morgan fingerprint density at radius 3 is 2.56 bits per heavy atom. The molecule has 0 atom stereocenters. The van der Waals surface area contributed by atoms with E-state index in [2.05, 4.69) is 70.2 Å². The molecule has 0 bridgehead atoms. The molecule has 0 aliphatic heterocycles. The van der Waals surface area contributed by atoms with Crippen LogP contribution < -0.4 is 0 Å². The first-order valence-electron chi connectivity index (χ1n) is 12.5. The van der Waals surface area contributed by atoms with E-state index < -0.39 is 0 Å². The van der Waals surface area contributed by atoms with E-state index >= 15 is 0 Å². The monoisotopic (exact) mass is 513 g/mol. The second-order valence-electron chi connectivity index (χ2n) is 11.0. The van der Waals surface area contributed by atoms with Gasteiger partial charge in [0.1, 0.15) is 0 Å². The molecule has 1 fully saturated rings. The van der Waals surface area contributed by atoms with Crippen molar-refractivity contribution in [3.8, 4) is 11.3 Å². The van der Waals surface area contributed by atoms with Gasteiger partial charge in [0, 0.05) is 0 Å². The van der Waals surface area contributed by atoms with Gasteiger partial charge in [0.2, 0.25) is 0 Å². The maximum atomic E-state index is 4.90. The normalized spacial score (nSPS) is 15.2. The second kappa shape index (κ2) is 8.29. The quantitative estimate of drug-likeness (QED) is 0.237. The Labute approximate surface area is 207 Å². The number of fused-ring (bicyclic) bond motifs is 4. The summed E-state index contributed by atoms with van der Waals surface area (Å²) in [5, 5.41) is 2.49. The molecule has 2 aromatic carbocycles. The van der Waals surface area contributed by atoms with Gasteiger partial charge in [0.15, 0.2) is 0 Å². The van der Waals surface area contributed by atoms with Gasteiger partial charge in [-0.1, -0.05) is 0 Å². The van der Waals surface area contributed by atoms with Crippen molar-refractivity contribution in [2.45, 2.75) is 65.2 Å². The molecule has 1 aliphatic rings. The van der Waals surface area contributed by atoms with Crippen molar-refractivity contribution in [1.29, 1.82) is 0 Å². The fourth-order valence-electron chi connectivity index (χ4n) is 5.54. The van der Waals surface area contributed by atoms with Crippen LogP contribution in [0.2, 0.25) is 0 Å². The summed E-state index contributed by atoms with van der Waals surface area (Å²) >= 11 is 0.218. The molecule has 0 N–H and O–H groups in total. The standard InChI is InChI=1S/C30H31N3Se/c1-18-9-11-21-15-22(16-24(26(21)33-18)30(2,3)4)27-29-28(32-17-31-27)23-12-10-20(14-25(23)34-29)13-19-7-5-6-8-19/h9-12,14-17,19H,5-8,13H2,1-4H3. The van der Waals surface area contributed by atoms with Crippen LogP contribution in [-0.2, 0) is 11.8 Å². The molecule has 5 aromatic rings. The van der Waals surface area contributed by atoms with Gasteiger partial charge in [0.25, 0.3) is 0 Å². The molecule has 3 aromatic heterocycles. The molecule has 1 aliphatic carbocycles. The molecule has 4 heteroatoms. The fraction of sp³-hybridized carbons (Fsp3) is 0.367. The van der Waals surface area contributed by atoms with Crippen LogP contribution in [0.25, 0.3) is 41.6 Å². The van der Waals surface area contributed by atoms with Crippen LogP contribution in [-0.4, -0.2) is 29.5 Å². The number of nitrogens with zero attached hydrogens (tertiary/aromatic N) is 3. The number of hydrogen-bond acceptors (Lipinski definition) is 3. The summed E-state index contributed by atoms with van der Waals surface area (Å²) in [7, 11) is 0. The van der Waals surface area contributed by atoms with Crippen LogP contribution in [0.15, 0.2) is 48.8 Å². The third kappa shape index (κ3) is 3.87. The Morgan fingerprint density at radius 1 is 0.941 bits per heavy atom. The van der Waals surface area contributed by atoms with Crippen molar-refractivity contribution < 1.29 is 0 Å². The summed E-state index contributed by atoms with van der Waals surface area (Å²) in [6.07, 6.45) is 8.57. The maximum absolute atomic E-state index is 4.90. The van der Waals surface area contributed by atoms with E-state index in [-0.39, 0.29) is 19.9 Å². The van der Waals surface area contributed by atoms with Gasteiger partial charge in [-0.05, 0) is 0 Å². The molecule has 0 spiro atoms. The van der Waals surface area contributed by atoms with Crippen molar-refractivity contribution in [2.24, 2.45) is 5.92 Å². The topological polar surface area (TPSA) is 38.7 Å². The van der Waals surface area contributed by atoms with E-state index in [4.69, 9.17) is 15.0 Å². The summed E-state index contributed by atoms with van der Waals surface area (Å²) in [5.41, 5.74) is 8.33. The Bertz CT molecular complexity index is 1530. The van der Waals surface area contributed by atoms with Gasteiger partial charge >= 0.3 is 208 Å². The summed E-state index contributed by atoms with van der Waals surface area (Å²) in [4.78, 5) is 14.5. The van der Waals surface area contributed by atoms with Crippen molar-refractivity contribution in [3.05, 3.63) is 65.6 Å². The summed E-state index contributed by atoms with van der Waals surface area (Å²) < 4.78 is 2.79. The van der Waals surface area contributed by atoms with Crippen LogP contribution >= 0.6 is 0 Å². The molecule has 0 radical (unpaired) electrons. The van der Waals surface area contributed by atoms with Crippen molar-refractivity contribution in [3.63, 3.8) is 0 Å². The van der Waals surface area contributed by atoms with Gasteiger partial charge in [0.05, 0.1) is 0 Å². The minimum atomic E-state index is -0.00545. The molecule has 34 heavy (non-hydrogen) atoms. The van der Waals surface area contributed by atoms with E-state index in [1.54, 1.807) is 6.33 Å². The number of aryl methyl sites for hydroxylation is 1. The molecular formula is C30H31N3Se. The first kappa shape index (κ1) is 21.9. The minimum absolute atomic E-state index is 0.00545. The second-order valence-corrected chi connectivity index (χ2v) is 13.2. The molecule has 172 valence electrons. The first-order chi connectivity index (χ1) is 16.4. The van der Waals surface area contributed by atoms with E-state index in [9.17, 15) is 0 Å². The third-order valence-electron chi connectivity index (χ3n) is 7.33. The van der Waals surface area contributed by atoms with Gasteiger partial charge in [-0.2, -0.15) is 0 Å². The fourth-order valence-corrected chi connectivity index (χ4v) is 8.12. The number of aromatic nitrogens is 3. The number of rotatable bonds is 3. The summed E-state index contributed by atoms with van der Waals surface area (Å²) in [5.74, 6) is 0.871. The van der Waals surface area contributed by atoms with Gasteiger partial charge in [-0.15, -0.1) is 0 Å². The predicted molar refractivity (Wildman–Crippen MR) is 144 cm³/mol. The van der Waals surface area contributed by atoms with Crippen LogP contribution in [0.1, 0.15) is 63.3 Å². The molecule has 0 saturated heterocycles. The molecule has 0 amide bonds. The van der Waals surface area contributed by atoms with E-state index in [0.29, 0.717) is 0 Å². The van der Waals surface area contributed by atoms with Gasteiger partial charge in [-0.3, -0.25) is 0 Å². The van der Waals surface area contributed by atoms with Gasteiger partial charge in [-0.25, -0.2) is 0 Å². The van der Waals surface area contributed by atoms with Crippen LogP contribution in [0, 0.1) is 12.8 Å². The zero-order valence-electron chi connectivity index (χ0n) is 20.5. The van der Waals surface area contributed by atoms with Gasteiger partial charge < -0.3 is 0 Å². The van der Waals surface area contributed by atoms with Crippen molar-refractivity contribution in [1.82, 2.24) is 15.0 Å². The summed E-state index contributed by atoms with van der Waals surface area (Å²) in [6, 6.07) is 16.0. The van der Waals surface area contributed by atoms with Crippen molar-refractivity contribution in [2.75, 3.05) is 0 Å². The summed E-state index contributed by atoms with van der Waals surface area (Å²) in [6.45, 7) is 8.88. The molecule has 1 saturated carbocycles. The van der Waals surface area contributed by atoms with Crippen LogP contribution in [0.4, 0.5) is 0 Å². The molecule has 0 unspecified atom stereocenters. The zero-order chi connectivity index (χ0) is 23.4. The van der Waals surface area contributed by atoms with E-state index in [0.717, 1.165) is 28.3 Å². The average molecular weight is 513 g/mol. The molecule has 3 nitrogen and oxygen atoms in total. The Hall–Kier alpha value is -2.55. The zero-order valence-corrected chi connectivity index (χ0v) is 22.2. The average Bonchev–Trinajstić information content (AvgIpc) is 3.44. The number of benzene rings is 2. The Kier molecular flexibility index (Phi) is 5.35. The van der Waals surface area contributed by atoms with Crippen LogP contribution in [0.3, 0.4) is 0 Å². The van der Waals surface area contributed by atoms with E-state index in [1.807, 2.05) is 0 Å². The first-order valence-corrected chi connectivity index (χ1v) is 14.2. The van der Waals surface area contributed by atoms with Crippen molar-refractivity contribution >= 4 is 44.8 Å². The Morgan fingerprint density at radius 2 is 1.76 bits per heavy atom. The molecule has 3 heterocycles. The SMILES string of the molecule is Cc1ccc2cc(-c3ncnc4c3[se]c3cc(CC5CCCC5)ccc34)cc(C(C)(C)C)c2n1. The van der Waals surface area contributed by atoms with Crippen LogP contribution in [0.5, 0.6) is 0 Å². The Balaban J connectivity index is 1.52. The van der Waals surface area contributed by atoms with E-state index in [1.165, 1.54) is 68.1 Å². The molecular weight excluding hydrogens is 481 g/mol. The number of pyridine rings is 1. The third-order valence-corrected chi connectivity index (χ3v) is 9.74.